The van der Waals surface area contributed by atoms with Crippen molar-refractivity contribution in [2.24, 2.45) is 0 Å². The van der Waals surface area contributed by atoms with Gasteiger partial charge in [-0.1, -0.05) is 15.9 Å². The Kier molecular flexibility index (Phi) is 3.19. The van der Waals surface area contributed by atoms with Crippen LogP contribution < -0.4 is 5.43 Å². The highest BCUT2D eigenvalue weighted by Crippen LogP contribution is 2.19. The molecule has 1 N–H and O–H groups in total. The first-order chi connectivity index (χ1) is 6.06. The number of hydrogen-bond donors (Lipinski definition) is 1. The number of aryl methyl sites for hydroxylation is 1. The van der Waals surface area contributed by atoms with Crippen LogP contribution in [0.25, 0.3) is 0 Å². The van der Waals surface area contributed by atoms with E-state index >= 15 is 0 Å². The summed E-state index contributed by atoms with van der Waals surface area (Å²) < 4.78 is 24.7. The molecule has 0 radical (unpaired) electrons. The molecule has 13 heavy (non-hydrogen) atoms. The molecule has 0 saturated carbocycles. The minimum atomic E-state index is -2.73. The van der Waals surface area contributed by atoms with Gasteiger partial charge in [-0.3, -0.25) is 4.79 Å². The number of rotatable bonds is 2. The SMILES string of the molecule is Cc1cc(=O)c(C(F)F)c(CBr)[nH]1. The maximum absolute atomic E-state index is 12.4. The molecule has 1 heterocycles. The molecule has 0 aliphatic heterocycles. The minimum Gasteiger partial charge on any atom is -0.361 e. The molecule has 5 heteroatoms. The Morgan fingerprint density at radius 1 is 1.62 bits per heavy atom. The van der Waals surface area contributed by atoms with Gasteiger partial charge in [-0.15, -0.1) is 0 Å². The summed E-state index contributed by atoms with van der Waals surface area (Å²) in [5.74, 6) is 0. The Balaban J connectivity index is 3.39. The summed E-state index contributed by atoms with van der Waals surface area (Å²) in [6.45, 7) is 1.66. The molecule has 2 nitrogen and oxygen atoms in total. The molecule has 0 bridgehead atoms. The van der Waals surface area contributed by atoms with Crippen LogP contribution in [0.3, 0.4) is 0 Å². The topological polar surface area (TPSA) is 32.9 Å². The number of nitrogens with one attached hydrogen (secondary N) is 1. The van der Waals surface area contributed by atoms with Crippen molar-refractivity contribution in [3.05, 3.63) is 33.2 Å². The molecular formula is C8H8BrF2NO. The monoisotopic (exact) mass is 251 g/mol. The highest BCUT2D eigenvalue weighted by Gasteiger charge is 2.16. The number of alkyl halides is 3. The van der Waals surface area contributed by atoms with E-state index in [1.54, 1.807) is 6.92 Å². The van der Waals surface area contributed by atoms with Gasteiger partial charge in [-0.2, -0.15) is 0 Å². The molecule has 72 valence electrons. The van der Waals surface area contributed by atoms with Gasteiger partial charge in [0.2, 0.25) is 0 Å². The predicted octanol–water partition coefficient (Wildman–Crippen LogP) is 2.52. The van der Waals surface area contributed by atoms with Gasteiger partial charge in [0, 0.05) is 22.8 Å². The molecular weight excluding hydrogens is 244 g/mol. The zero-order valence-electron chi connectivity index (χ0n) is 6.90. The van der Waals surface area contributed by atoms with Gasteiger partial charge in [-0.05, 0) is 6.92 Å². The molecule has 0 saturated heterocycles. The van der Waals surface area contributed by atoms with E-state index in [0.29, 0.717) is 5.69 Å². The Labute approximate surface area is 82.1 Å². The second kappa shape index (κ2) is 4.00. The zero-order chi connectivity index (χ0) is 10.0. The molecule has 1 rings (SSSR count). The second-order valence-electron chi connectivity index (χ2n) is 2.64. The zero-order valence-corrected chi connectivity index (χ0v) is 8.49. The van der Waals surface area contributed by atoms with Crippen molar-refractivity contribution < 1.29 is 8.78 Å². The average molecular weight is 252 g/mol. The number of halogens is 3. The van der Waals surface area contributed by atoms with Crippen molar-refractivity contribution in [2.45, 2.75) is 18.7 Å². The summed E-state index contributed by atoms with van der Waals surface area (Å²) in [4.78, 5) is 13.9. The van der Waals surface area contributed by atoms with Crippen molar-refractivity contribution in [3.63, 3.8) is 0 Å². The van der Waals surface area contributed by atoms with E-state index < -0.39 is 17.4 Å². The largest absolute Gasteiger partial charge is 0.361 e. The van der Waals surface area contributed by atoms with Crippen molar-refractivity contribution in [1.82, 2.24) is 4.98 Å². The van der Waals surface area contributed by atoms with Crippen LogP contribution >= 0.6 is 15.9 Å². The average Bonchev–Trinajstić information content (AvgIpc) is 2.01. The van der Waals surface area contributed by atoms with Crippen LogP contribution in [0.4, 0.5) is 8.78 Å². The summed E-state index contributed by atoms with van der Waals surface area (Å²) >= 11 is 3.04. The third-order valence-corrected chi connectivity index (χ3v) is 2.20. The van der Waals surface area contributed by atoms with E-state index in [1.807, 2.05) is 0 Å². The van der Waals surface area contributed by atoms with Crippen LogP contribution in [0.2, 0.25) is 0 Å². The third-order valence-electron chi connectivity index (χ3n) is 1.64. The van der Waals surface area contributed by atoms with Gasteiger partial charge in [0.25, 0.3) is 6.43 Å². The molecule has 0 aromatic carbocycles. The first kappa shape index (κ1) is 10.4. The van der Waals surface area contributed by atoms with Gasteiger partial charge in [-0.25, -0.2) is 8.78 Å². The smallest absolute Gasteiger partial charge is 0.269 e. The lowest BCUT2D eigenvalue weighted by Gasteiger charge is -2.06. The van der Waals surface area contributed by atoms with Crippen molar-refractivity contribution in [1.29, 1.82) is 0 Å². The summed E-state index contributed by atoms with van der Waals surface area (Å²) in [5.41, 5.74) is -0.216. The normalized spacial score (nSPS) is 10.8. The quantitative estimate of drug-likeness (QED) is 0.806. The Morgan fingerprint density at radius 2 is 2.23 bits per heavy atom. The lowest BCUT2D eigenvalue weighted by molar-refractivity contribution is 0.148. The summed E-state index contributed by atoms with van der Waals surface area (Å²) in [5, 5.41) is 0.226. The van der Waals surface area contributed by atoms with Gasteiger partial charge in [0.1, 0.15) is 0 Å². The van der Waals surface area contributed by atoms with Crippen LogP contribution in [0.1, 0.15) is 23.4 Å². The molecule has 1 aromatic rings. The fourth-order valence-electron chi connectivity index (χ4n) is 1.11. The highest BCUT2D eigenvalue weighted by atomic mass is 79.9. The molecule has 1 aromatic heterocycles. The van der Waals surface area contributed by atoms with Gasteiger partial charge in [0.05, 0.1) is 5.56 Å². The van der Waals surface area contributed by atoms with E-state index in [1.165, 1.54) is 6.07 Å². The van der Waals surface area contributed by atoms with Crippen LogP contribution in [0.5, 0.6) is 0 Å². The van der Waals surface area contributed by atoms with Crippen molar-refractivity contribution >= 4 is 15.9 Å². The molecule has 0 aliphatic carbocycles. The van der Waals surface area contributed by atoms with E-state index in [4.69, 9.17) is 0 Å². The fraction of sp³-hybridized carbons (Fsp3) is 0.375. The molecule has 0 spiro atoms. The maximum atomic E-state index is 12.4. The van der Waals surface area contributed by atoms with E-state index in [-0.39, 0.29) is 11.0 Å². The molecule has 0 unspecified atom stereocenters. The molecule has 0 fully saturated rings. The first-order valence-electron chi connectivity index (χ1n) is 3.63. The van der Waals surface area contributed by atoms with E-state index in [9.17, 15) is 13.6 Å². The van der Waals surface area contributed by atoms with Gasteiger partial charge in [0.15, 0.2) is 5.43 Å². The van der Waals surface area contributed by atoms with Gasteiger partial charge >= 0.3 is 0 Å². The van der Waals surface area contributed by atoms with Crippen molar-refractivity contribution in [3.8, 4) is 0 Å². The third kappa shape index (κ3) is 2.15. The second-order valence-corrected chi connectivity index (χ2v) is 3.20. The molecule has 0 atom stereocenters. The fourth-order valence-corrected chi connectivity index (χ4v) is 1.55. The molecule has 0 amide bonds. The number of aromatic nitrogens is 1. The summed E-state index contributed by atoms with van der Waals surface area (Å²) in [6.07, 6.45) is -2.73. The van der Waals surface area contributed by atoms with Crippen LogP contribution in [0.15, 0.2) is 10.9 Å². The Hall–Kier alpha value is -0.710. The lowest BCUT2D eigenvalue weighted by Crippen LogP contribution is -2.14. The first-order valence-corrected chi connectivity index (χ1v) is 4.75. The number of pyridine rings is 1. The Morgan fingerprint density at radius 3 is 2.69 bits per heavy atom. The summed E-state index contributed by atoms with van der Waals surface area (Å²) in [7, 11) is 0. The lowest BCUT2D eigenvalue weighted by atomic mass is 10.2. The Bertz CT molecular complexity index is 362. The van der Waals surface area contributed by atoms with Crippen LogP contribution in [0, 0.1) is 6.92 Å². The maximum Gasteiger partial charge on any atom is 0.269 e. The standard InChI is InChI=1S/C8H8BrF2NO/c1-4-2-6(13)7(8(10)11)5(3-9)12-4/h2,8H,3H2,1H3,(H,12,13). The van der Waals surface area contributed by atoms with Gasteiger partial charge < -0.3 is 4.98 Å². The van der Waals surface area contributed by atoms with Crippen LogP contribution in [-0.4, -0.2) is 4.98 Å². The summed E-state index contributed by atoms with van der Waals surface area (Å²) in [6, 6.07) is 1.17. The number of H-pyrrole nitrogens is 1. The number of hydrogen-bond acceptors (Lipinski definition) is 1. The van der Waals surface area contributed by atoms with E-state index in [0.717, 1.165) is 0 Å². The van der Waals surface area contributed by atoms with Crippen molar-refractivity contribution in [2.75, 3.05) is 0 Å². The van der Waals surface area contributed by atoms with E-state index in [2.05, 4.69) is 20.9 Å². The predicted molar refractivity (Wildman–Crippen MR) is 49.4 cm³/mol. The van der Waals surface area contributed by atoms with Crippen LogP contribution in [-0.2, 0) is 5.33 Å². The minimum absolute atomic E-state index is 0.226. The molecule has 0 aliphatic rings. The number of aromatic amines is 1. The highest BCUT2D eigenvalue weighted by molar-refractivity contribution is 9.08.